The molecule has 3 fully saturated rings. The van der Waals surface area contributed by atoms with Crippen LogP contribution in [0.3, 0.4) is 0 Å². The highest BCUT2D eigenvalue weighted by Gasteiger charge is 2.59. The molecule has 0 aromatic heterocycles. The van der Waals surface area contributed by atoms with Gasteiger partial charge in [-0.3, -0.25) is 4.79 Å². The molecule has 0 aliphatic heterocycles. The predicted octanol–water partition coefficient (Wildman–Crippen LogP) is 12.5. The second-order valence-corrected chi connectivity index (χ2v) is 20.0. The standard InChI is InChI=1S/C40H60I3NO2/c1-25(2)11-10-12-26(3)31-17-18-32-29-16-15-27-23-28(19-21-39(27,4)33(29)20-22-40(31,32)5)46-36(45)14-9-7-6-8-13-30-34(41)24-35(42)38(44)37(30)43/h15,24-26,28-29,31-33H,6-14,16-23,44H2,1-5H3/t26-,28+,29?,31-,32?,33?,39+,40-/m1/s1. The van der Waals surface area contributed by atoms with E-state index in [1.54, 1.807) is 5.57 Å². The lowest BCUT2D eigenvalue weighted by atomic mass is 9.47. The summed E-state index contributed by atoms with van der Waals surface area (Å²) in [4.78, 5) is 12.9. The number of unbranched alkanes of at least 4 members (excludes halogenated alkanes) is 3. The number of carbonyl (C=O) groups excluding carboxylic acids is 1. The highest BCUT2D eigenvalue weighted by Crippen LogP contribution is 2.67. The van der Waals surface area contributed by atoms with Crippen LogP contribution in [-0.4, -0.2) is 12.1 Å². The molecule has 2 N–H and O–H groups in total. The van der Waals surface area contributed by atoms with Crippen molar-refractivity contribution in [2.75, 3.05) is 5.73 Å². The first kappa shape index (κ1) is 37.7. The highest BCUT2D eigenvalue weighted by molar-refractivity contribution is 14.1. The Balaban J connectivity index is 1.07. The van der Waals surface area contributed by atoms with Crippen molar-refractivity contribution in [2.24, 2.45) is 46.3 Å². The van der Waals surface area contributed by atoms with Crippen molar-refractivity contribution < 1.29 is 9.53 Å². The maximum Gasteiger partial charge on any atom is 0.306 e. The zero-order chi connectivity index (χ0) is 33.2. The second kappa shape index (κ2) is 16.2. The van der Waals surface area contributed by atoms with Gasteiger partial charge in [0.25, 0.3) is 0 Å². The minimum Gasteiger partial charge on any atom is -0.462 e. The van der Waals surface area contributed by atoms with Crippen LogP contribution in [0.2, 0.25) is 0 Å². The summed E-state index contributed by atoms with van der Waals surface area (Å²) in [6.07, 6.45) is 23.0. The Kier molecular flexibility index (Phi) is 13.3. The van der Waals surface area contributed by atoms with Crippen molar-refractivity contribution in [3.8, 4) is 0 Å². The van der Waals surface area contributed by atoms with Crippen LogP contribution in [0.5, 0.6) is 0 Å². The lowest BCUT2D eigenvalue weighted by Crippen LogP contribution is -2.51. The largest absolute Gasteiger partial charge is 0.462 e. The van der Waals surface area contributed by atoms with Crippen molar-refractivity contribution in [1.82, 2.24) is 0 Å². The van der Waals surface area contributed by atoms with Crippen LogP contribution < -0.4 is 5.73 Å². The van der Waals surface area contributed by atoms with Crippen LogP contribution >= 0.6 is 67.8 Å². The molecule has 0 heterocycles. The molecule has 0 radical (unpaired) electrons. The summed E-state index contributed by atoms with van der Waals surface area (Å²) < 4.78 is 9.78. The average molecular weight is 968 g/mol. The fourth-order valence-electron chi connectivity index (χ4n) is 10.8. The quantitative estimate of drug-likeness (QED) is 0.0705. The Bertz CT molecular complexity index is 1260. The molecule has 4 aliphatic carbocycles. The van der Waals surface area contributed by atoms with Gasteiger partial charge >= 0.3 is 5.97 Å². The van der Waals surface area contributed by atoms with E-state index >= 15 is 0 Å². The summed E-state index contributed by atoms with van der Waals surface area (Å²) >= 11 is 7.15. The van der Waals surface area contributed by atoms with Crippen LogP contribution in [0, 0.1) is 57.0 Å². The molecular formula is C40H60I3NO2. The minimum absolute atomic E-state index is 0.0188. The monoisotopic (exact) mass is 967 g/mol. The number of esters is 1. The Morgan fingerprint density at radius 2 is 1.70 bits per heavy atom. The van der Waals surface area contributed by atoms with Crippen molar-refractivity contribution in [2.45, 2.75) is 150 Å². The van der Waals surface area contributed by atoms with E-state index in [9.17, 15) is 4.79 Å². The average Bonchev–Trinajstić information content (AvgIpc) is 3.36. The maximum absolute atomic E-state index is 12.9. The molecule has 4 aliphatic rings. The van der Waals surface area contributed by atoms with Crippen LogP contribution in [0.15, 0.2) is 17.7 Å². The minimum atomic E-state index is 0.0188. The number of nitrogens with two attached hydrogens (primary N) is 1. The molecule has 46 heavy (non-hydrogen) atoms. The number of carbonyl (C=O) groups is 1. The summed E-state index contributed by atoms with van der Waals surface area (Å²) in [5.74, 6) is 5.21. The van der Waals surface area contributed by atoms with Gasteiger partial charge in [-0.05, 0) is 190 Å². The Labute approximate surface area is 322 Å². The van der Waals surface area contributed by atoms with Gasteiger partial charge in [0.05, 0.1) is 5.69 Å². The number of allylic oxidation sites excluding steroid dienone is 1. The van der Waals surface area contributed by atoms with E-state index in [-0.39, 0.29) is 12.1 Å². The molecular weight excluding hydrogens is 907 g/mol. The molecule has 3 nitrogen and oxygen atoms in total. The van der Waals surface area contributed by atoms with E-state index in [4.69, 9.17) is 10.5 Å². The molecule has 0 spiro atoms. The van der Waals surface area contributed by atoms with Gasteiger partial charge in [-0.2, -0.15) is 0 Å². The van der Waals surface area contributed by atoms with E-state index in [1.165, 1.54) is 70.5 Å². The lowest BCUT2D eigenvalue weighted by molar-refractivity contribution is -0.151. The molecule has 6 heteroatoms. The number of hydrogen-bond acceptors (Lipinski definition) is 3. The molecule has 1 aromatic carbocycles. The third-order valence-corrected chi connectivity index (χ3v) is 16.5. The normalized spacial score (nSPS) is 32.8. The van der Waals surface area contributed by atoms with Crippen molar-refractivity contribution >= 4 is 79.4 Å². The van der Waals surface area contributed by atoms with Gasteiger partial charge in [-0.25, -0.2) is 0 Å². The first-order valence-electron chi connectivity index (χ1n) is 18.7. The molecule has 258 valence electrons. The van der Waals surface area contributed by atoms with Crippen LogP contribution in [0.25, 0.3) is 0 Å². The van der Waals surface area contributed by atoms with Crippen molar-refractivity contribution in [1.29, 1.82) is 0 Å². The number of anilines is 1. The summed E-state index contributed by atoms with van der Waals surface area (Å²) in [6.45, 7) is 12.6. The number of benzene rings is 1. The van der Waals surface area contributed by atoms with E-state index < -0.39 is 0 Å². The van der Waals surface area contributed by atoms with E-state index in [2.05, 4.69) is 115 Å². The summed E-state index contributed by atoms with van der Waals surface area (Å²) in [6, 6.07) is 2.19. The number of fused-ring (bicyclic) bond motifs is 5. The molecule has 1 aromatic rings. The van der Waals surface area contributed by atoms with Gasteiger partial charge < -0.3 is 10.5 Å². The van der Waals surface area contributed by atoms with Gasteiger partial charge in [0.1, 0.15) is 6.10 Å². The molecule has 3 saturated carbocycles. The van der Waals surface area contributed by atoms with Crippen molar-refractivity contribution in [3.05, 3.63) is 34.0 Å². The van der Waals surface area contributed by atoms with E-state index in [0.29, 0.717) is 17.3 Å². The Morgan fingerprint density at radius 1 is 0.935 bits per heavy atom. The smallest absolute Gasteiger partial charge is 0.306 e. The zero-order valence-electron chi connectivity index (χ0n) is 29.2. The summed E-state index contributed by atoms with van der Waals surface area (Å²) in [7, 11) is 0. The molecule has 0 bridgehead atoms. The molecule has 0 amide bonds. The van der Waals surface area contributed by atoms with Gasteiger partial charge in [0.2, 0.25) is 0 Å². The number of rotatable bonds is 13. The Hall–Kier alpha value is 0.420. The first-order chi connectivity index (χ1) is 21.8. The van der Waals surface area contributed by atoms with Gasteiger partial charge in [0.15, 0.2) is 0 Å². The maximum atomic E-state index is 12.9. The number of ether oxygens (including phenoxy) is 1. The van der Waals surface area contributed by atoms with Gasteiger partial charge in [-0.1, -0.05) is 78.4 Å². The first-order valence-corrected chi connectivity index (χ1v) is 21.9. The molecule has 0 saturated heterocycles. The third kappa shape index (κ3) is 8.14. The fraction of sp³-hybridized carbons (Fsp3) is 0.775. The van der Waals surface area contributed by atoms with Crippen LogP contribution in [0.4, 0.5) is 5.69 Å². The van der Waals surface area contributed by atoms with Crippen LogP contribution in [-0.2, 0) is 16.0 Å². The lowest BCUT2D eigenvalue weighted by Gasteiger charge is -2.58. The SMILES string of the molecule is CC(C)CCC[C@@H](C)[C@H]1CCC2C3CC=C4C[C@@H](OC(=O)CCCCCCc5c(I)cc(I)c(N)c5I)CC[C@]4(C)C3CC[C@@]21C. The van der Waals surface area contributed by atoms with E-state index in [1.807, 2.05) is 0 Å². The third-order valence-electron chi connectivity index (χ3n) is 13.4. The topological polar surface area (TPSA) is 52.3 Å². The summed E-state index contributed by atoms with van der Waals surface area (Å²) in [5, 5.41) is 0. The second-order valence-electron chi connectivity index (χ2n) is 16.6. The summed E-state index contributed by atoms with van der Waals surface area (Å²) in [5.41, 5.74) is 11.0. The number of halogens is 3. The Morgan fingerprint density at radius 3 is 2.46 bits per heavy atom. The fourth-order valence-corrected chi connectivity index (χ4v) is 14.7. The van der Waals surface area contributed by atoms with E-state index in [0.717, 1.165) is 89.7 Å². The predicted molar refractivity (Wildman–Crippen MR) is 219 cm³/mol. The van der Waals surface area contributed by atoms with Gasteiger partial charge in [-0.15, -0.1) is 0 Å². The number of hydrogen-bond donors (Lipinski definition) is 1. The molecule has 5 rings (SSSR count). The molecule has 3 unspecified atom stereocenters. The molecule has 8 atom stereocenters. The number of nitrogen functional groups attached to an aromatic ring is 1. The van der Waals surface area contributed by atoms with Crippen molar-refractivity contribution in [3.63, 3.8) is 0 Å². The highest BCUT2D eigenvalue weighted by atomic mass is 127. The van der Waals surface area contributed by atoms with Gasteiger partial charge in [0, 0.05) is 23.6 Å². The van der Waals surface area contributed by atoms with Crippen LogP contribution in [0.1, 0.15) is 143 Å². The zero-order valence-corrected chi connectivity index (χ0v) is 35.7.